The van der Waals surface area contributed by atoms with Gasteiger partial charge in [0.05, 0.1) is 11.7 Å². The van der Waals surface area contributed by atoms with Gasteiger partial charge >= 0.3 is 0 Å². The Morgan fingerprint density at radius 3 is 2.64 bits per heavy atom. The molecule has 2 atom stereocenters. The molecule has 1 rings (SSSR count). The molecule has 3 heteroatoms. The summed E-state index contributed by atoms with van der Waals surface area (Å²) in [4.78, 5) is 10.8. The van der Waals surface area contributed by atoms with Crippen molar-refractivity contribution in [3.8, 4) is 0 Å². The second-order valence-corrected chi connectivity index (χ2v) is 4.70. The molecule has 0 saturated carbocycles. The van der Waals surface area contributed by atoms with Gasteiger partial charge in [-0.05, 0) is 27.7 Å². The number of hydrogen-bond donors (Lipinski definition) is 0. The highest BCUT2D eigenvalue weighted by atomic mass is 16.7. The minimum absolute atomic E-state index is 0.126. The maximum Gasteiger partial charge on any atom is 0.159 e. The van der Waals surface area contributed by atoms with Gasteiger partial charge in [-0.1, -0.05) is 0 Å². The molecule has 82 valence electrons. The lowest BCUT2D eigenvalue weighted by atomic mass is 9.99. The average molecular weight is 200 g/mol. The number of ketones is 1. The highest BCUT2D eigenvalue weighted by molar-refractivity contribution is 5.75. The lowest BCUT2D eigenvalue weighted by Crippen LogP contribution is -2.43. The van der Waals surface area contributed by atoms with Crippen molar-refractivity contribution < 1.29 is 14.3 Å². The van der Waals surface area contributed by atoms with Crippen LogP contribution in [-0.2, 0) is 14.3 Å². The molecule has 3 nitrogen and oxygen atoms in total. The monoisotopic (exact) mass is 200 g/mol. The molecular formula is C11H20O3. The molecule has 1 fully saturated rings. The van der Waals surface area contributed by atoms with Crippen LogP contribution in [-0.4, -0.2) is 23.8 Å². The normalized spacial score (nSPS) is 31.4. The van der Waals surface area contributed by atoms with Crippen molar-refractivity contribution in [1.82, 2.24) is 0 Å². The molecule has 1 heterocycles. The summed E-state index contributed by atoms with van der Waals surface area (Å²) in [5.41, 5.74) is -0.126. The van der Waals surface area contributed by atoms with Crippen LogP contribution in [0, 0.1) is 0 Å². The molecule has 0 spiro atoms. The van der Waals surface area contributed by atoms with Gasteiger partial charge in [-0.15, -0.1) is 0 Å². The molecule has 1 saturated heterocycles. The van der Waals surface area contributed by atoms with Gasteiger partial charge in [0.25, 0.3) is 0 Å². The minimum Gasteiger partial charge on any atom is -0.350 e. The topological polar surface area (TPSA) is 35.5 Å². The number of carbonyl (C=O) groups is 1. The molecule has 1 aliphatic rings. The van der Waals surface area contributed by atoms with Crippen molar-refractivity contribution in [2.45, 2.75) is 65.0 Å². The summed E-state index contributed by atoms with van der Waals surface area (Å²) in [5.74, 6) is 0.188. The lowest BCUT2D eigenvalue weighted by Gasteiger charge is -2.39. The highest BCUT2D eigenvalue weighted by Gasteiger charge is 2.33. The van der Waals surface area contributed by atoms with Gasteiger partial charge in [0.15, 0.2) is 6.29 Å². The summed E-state index contributed by atoms with van der Waals surface area (Å²) in [6.07, 6.45) is 2.12. The van der Waals surface area contributed by atoms with Crippen LogP contribution >= 0.6 is 0 Å². The van der Waals surface area contributed by atoms with Crippen LogP contribution in [0.3, 0.4) is 0 Å². The summed E-state index contributed by atoms with van der Waals surface area (Å²) in [6.45, 7) is 7.77. The molecular weight excluding hydrogens is 180 g/mol. The van der Waals surface area contributed by atoms with Gasteiger partial charge in [-0.2, -0.15) is 0 Å². The van der Waals surface area contributed by atoms with Crippen LogP contribution in [0.5, 0.6) is 0 Å². The number of rotatable bonds is 3. The predicted molar refractivity (Wildman–Crippen MR) is 54.0 cm³/mol. The number of Topliss-reactive ketones (excluding diaryl/α,β-unsaturated/α-hetero) is 1. The molecule has 0 aliphatic carbocycles. The lowest BCUT2D eigenvalue weighted by molar-refractivity contribution is -0.270. The van der Waals surface area contributed by atoms with Crippen LogP contribution in [0.4, 0.5) is 0 Å². The molecule has 0 aromatic rings. The van der Waals surface area contributed by atoms with Gasteiger partial charge in [0.2, 0.25) is 0 Å². The van der Waals surface area contributed by atoms with Gasteiger partial charge in [0, 0.05) is 19.3 Å². The smallest absolute Gasteiger partial charge is 0.159 e. The van der Waals surface area contributed by atoms with E-state index in [1.807, 2.05) is 6.92 Å². The fourth-order valence-corrected chi connectivity index (χ4v) is 1.88. The highest BCUT2D eigenvalue weighted by Crippen LogP contribution is 2.29. The van der Waals surface area contributed by atoms with Crippen LogP contribution in [0.15, 0.2) is 0 Å². The number of ether oxygens (including phenoxy) is 2. The molecule has 0 radical (unpaired) electrons. The molecule has 1 aliphatic heterocycles. The largest absolute Gasteiger partial charge is 0.350 e. The van der Waals surface area contributed by atoms with E-state index in [1.54, 1.807) is 6.92 Å². The van der Waals surface area contributed by atoms with E-state index >= 15 is 0 Å². The van der Waals surface area contributed by atoms with E-state index in [0.717, 1.165) is 6.42 Å². The van der Waals surface area contributed by atoms with E-state index in [2.05, 4.69) is 13.8 Å². The Morgan fingerprint density at radius 2 is 2.14 bits per heavy atom. The summed E-state index contributed by atoms with van der Waals surface area (Å²) < 4.78 is 11.3. The van der Waals surface area contributed by atoms with Gasteiger partial charge in [-0.25, -0.2) is 0 Å². The second kappa shape index (κ2) is 4.41. The first kappa shape index (κ1) is 11.7. The van der Waals surface area contributed by atoms with E-state index in [1.165, 1.54) is 0 Å². The maximum atomic E-state index is 10.8. The molecule has 14 heavy (non-hydrogen) atoms. The first-order valence-corrected chi connectivity index (χ1v) is 5.22. The third-order valence-corrected chi connectivity index (χ3v) is 2.35. The van der Waals surface area contributed by atoms with E-state index in [-0.39, 0.29) is 23.8 Å². The summed E-state index contributed by atoms with van der Waals surface area (Å²) in [5, 5.41) is 0. The van der Waals surface area contributed by atoms with Gasteiger partial charge < -0.3 is 14.3 Å². The molecule has 0 N–H and O–H groups in total. The maximum absolute atomic E-state index is 10.8. The molecule has 0 amide bonds. The first-order chi connectivity index (χ1) is 6.39. The predicted octanol–water partition coefficient (Wildman–Crippen LogP) is 2.29. The quantitative estimate of drug-likeness (QED) is 0.701. The number of hydrogen-bond acceptors (Lipinski definition) is 3. The molecule has 0 bridgehead atoms. The van der Waals surface area contributed by atoms with E-state index < -0.39 is 0 Å². The van der Waals surface area contributed by atoms with Crippen molar-refractivity contribution in [3.05, 3.63) is 0 Å². The Labute approximate surface area is 85.8 Å². The van der Waals surface area contributed by atoms with Crippen molar-refractivity contribution in [2.75, 3.05) is 0 Å². The van der Waals surface area contributed by atoms with Crippen molar-refractivity contribution in [2.24, 2.45) is 0 Å². The fourth-order valence-electron chi connectivity index (χ4n) is 1.88. The summed E-state index contributed by atoms with van der Waals surface area (Å²) in [7, 11) is 0. The Hall–Kier alpha value is -0.410. The van der Waals surface area contributed by atoms with Crippen LogP contribution in [0.1, 0.15) is 47.0 Å². The molecule has 0 aromatic heterocycles. The minimum atomic E-state index is -0.211. The molecule has 0 aromatic carbocycles. The fraction of sp³-hybridized carbons (Fsp3) is 0.909. The third kappa shape index (κ3) is 3.76. The van der Waals surface area contributed by atoms with Crippen LogP contribution in [0.25, 0.3) is 0 Å². The molecule has 2 unspecified atom stereocenters. The van der Waals surface area contributed by atoms with Crippen molar-refractivity contribution in [3.63, 3.8) is 0 Å². The summed E-state index contributed by atoms with van der Waals surface area (Å²) in [6, 6.07) is 0. The van der Waals surface area contributed by atoms with Crippen LogP contribution in [0.2, 0.25) is 0 Å². The third-order valence-electron chi connectivity index (χ3n) is 2.35. The van der Waals surface area contributed by atoms with Crippen LogP contribution < -0.4 is 0 Å². The first-order valence-electron chi connectivity index (χ1n) is 5.22. The SMILES string of the molecule is CC(=O)CCC1OC(C)CC(C)(C)O1. The van der Waals surface area contributed by atoms with Crippen molar-refractivity contribution in [1.29, 1.82) is 0 Å². The Bertz CT molecular complexity index is 211. The Kier molecular flexibility index (Phi) is 3.67. The standard InChI is InChI=1S/C11H20O3/c1-8(12)5-6-10-13-9(2)7-11(3,4)14-10/h9-10H,5-7H2,1-4H3. The van der Waals surface area contributed by atoms with Crippen molar-refractivity contribution >= 4 is 5.78 Å². The van der Waals surface area contributed by atoms with E-state index in [4.69, 9.17) is 9.47 Å². The Morgan fingerprint density at radius 1 is 1.50 bits per heavy atom. The Balaban J connectivity index is 2.42. The second-order valence-electron chi connectivity index (χ2n) is 4.70. The zero-order valence-electron chi connectivity index (χ0n) is 9.50. The van der Waals surface area contributed by atoms with Gasteiger partial charge in [0.1, 0.15) is 5.78 Å². The number of carbonyl (C=O) groups excluding carboxylic acids is 1. The summed E-state index contributed by atoms with van der Waals surface area (Å²) >= 11 is 0. The average Bonchev–Trinajstić information content (AvgIpc) is 1.96. The van der Waals surface area contributed by atoms with E-state index in [9.17, 15) is 4.79 Å². The van der Waals surface area contributed by atoms with E-state index in [0.29, 0.717) is 12.8 Å². The zero-order valence-corrected chi connectivity index (χ0v) is 9.50. The zero-order chi connectivity index (χ0) is 10.8. The van der Waals surface area contributed by atoms with Gasteiger partial charge in [-0.3, -0.25) is 0 Å².